The number of carbonyl (C=O) groups excluding carboxylic acids is 2. The molecule has 26 heavy (non-hydrogen) atoms. The van der Waals surface area contributed by atoms with Crippen LogP contribution in [-0.4, -0.2) is 66.7 Å². The van der Waals surface area contributed by atoms with Crippen molar-refractivity contribution < 1.29 is 9.59 Å². The summed E-state index contributed by atoms with van der Waals surface area (Å²) >= 11 is 0. The minimum absolute atomic E-state index is 0.142. The Balaban J connectivity index is 1.74. The molecule has 1 aliphatic heterocycles. The normalized spacial score (nSPS) is 20.2. The lowest BCUT2D eigenvalue weighted by Crippen LogP contribution is -2.60. The second-order valence-electron chi connectivity index (χ2n) is 6.71. The van der Waals surface area contributed by atoms with E-state index < -0.39 is 0 Å². The second kappa shape index (κ2) is 7.15. The first-order valence-electron chi connectivity index (χ1n) is 8.56. The van der Waals surface area contributed by atoms with Crippen molar-refractivity contribution in [1.29, 1.82) is 0 Å². The number of nitrogens with zero attached hydrogens (tertiary/aromatic N) is 6. The Morgan fingerprint density at radius 2 is 1.27 bits per heavy atom. The lowest BCUT2D eigenvalue weighted by molar-refractivity contribution is 0.0248. The maximum atomic E-state index is 12.8. The van der Waals surface area contributed by atoms with Gasteiger partial charge in [0.15, 0.2) is 0 Å². The smallest absolute Gasteiger partial charge is 0.274 e. The van der Waals surface area contributed by atoms with E-state index in [2.05, 4.69) is 19.9 Å². The summed E-state index contributed by atoms with van der Waals surface area (Å²) in [5.74, 6) is -0.335. The SMILES string of the molecule is Cc1cnc(C(=O)N2C[C@@H](C)N(C(=O)c3cnc(C)cn3)[C@@H](C)C2)cn1. The molecule has 2 atom stereocenters. The van der Waals surface area contributed by atoms with Gasteiger partial charge in [-0.2, -0.15) is 0 Å². The van der Waals surface area contributed by atoms with E-state index in [0.29, 0.717) is 24.5 Å². The molecule has 0 unspecified atom stereocenters. The fraction of sp³-hybridized carbons (Fsp3) is 0.444. The van der Waals surface area contributed by atoms with Crippen LogP contribution in [-0.2, 0) is 0 Å². The summed E-state index contributed by atoms with van der Waals surface area (Å²) < 4.78 is 0. The van der Waals surface area contributed by atoms with E-state index in [0.717, 1.165) is 11.4 Å². The van der Waals surface area contributed by atoms with Crippen LogP contribution >= 0.6 is 0 Å². The molecule has 3 rings (SSSR count). The Labute approximate surface area is 152 Å². The largest absolute Gasteiger partial charge is 0.333 e. The van der Waals surface area contributed by atoms with Crippen molar-refractivity contribution >= 4 is 11.8 Å². The molecule has 0 aliphatic carbocycles. The van der Waals surface area contributed by atoms with Gasteiger partial charge in [-0.05, 0) is 27.7 Å². The van der Waals surface area contributed by atoms with Crippen LogP contribution in [0.2, 0.25) is 0 Å². The molecule has 0 N–H and O–H groups in total. The first-order valence-corrected chi connectivity index (χ1v) is 8.56. The molecule has 2 aromatic heterocycles. The lowest BCUT2D eigenvalue weighted by atomic mass is 10.1. The van der Waals surface area contributed by atoms with Crippen LogP contribution < -0.4 is 0 Å². The fourth-order valence-corrected chi connectivity index (χ4v) is 3.19. The van der Waals surface area contributed by atoms with Crippen LogP contribution in [0.3, 0.4) is 0 Å². The van der Waals surface area contributed by atoms with Crippen molar-refractivity contribution in [1.82, 2.24) is 29.7 Å². The van der Waals surface area contributed by atoms with E-state index in [1.54, 1.807) is 22.2 Å². The zero-order valence-electron chi connectivity index (χ0n) is 15.4. The summed E-state index contributed by atoms with van der Waals surface area (Å²) in [5.41, 5.74) is 2.16. The number of rotatable bonds is 2. The van der Waals surface area contributed by atoms with Crippen LogP contribution in [0.15, 0.2) is 24.8 Å². The predicted molar refractivity (Wildman–Crippen MR) is 94.5 cm³/mol. The summed E-state index contributed by atoms with van der Waals surface area (Å²) in [6, 6.07) is -0.284. The third kappa shape index (κ3) is 3.54. The Kier molecular flexibility index (Phi) is 4.92. The van der Waals surface area contributed by atoms with Gasteiger partial charge < -0.3 is 9.80 Å². The van der Waals surface area contributed by atoms with Gasteiger partial charge in [0.1, 0.15) is 11.4 Å². The monoisotopic (exact) mass is 354 g/mol. The topological polar surface area (TPSA) is 92.2 Å². The van der Waals surface area contributed by atoms with Crippen LogP contribution in [0.5, 0.6) is 0 Å². The molecule has 2 aromatic rings. The van der Waals surface area contributed by atoms with Crippen molar-refractivity contribution in [2.24, 2.45) is 0 Å². The Morgan fingerprint density at radius 1 is 0.808 bits per heavy atom. The molecule has 0 radical (unpaired) electrons. The summed E-state index contributed by atoms with van der Waals surface area (Å²) in [5, 5.41) is 0. The van der Waals surface area contributed by atoms with Gasteiger partial charge in [-0.25, -0.2) is 9.97 Å². The van der Waals surface area contributed by atoms with Crippen molar-refractivity contribution in [3.63, 3.8) is 0 Å². The van der Waals surface area contributed by atoms with Crippen LogP contribution in [0.4, 0.5) is 0 Å². The highest BCUT2D eigenvalue weighted by atomic mass is 16.2. The van der Waals surface area contributed by atoms with Gasteiger partial charge in [-0.3, -0.25) is 19.6 Å². The minimum atomic E-state index is -0.168. The van der Waals surface area contributed by atoms with Gasteiger partial charge in [-0.15, -0.1) is 0 Å². The number of carbonyl (C=O) groups is 2. The summed E-state index contributed by atoms with van der Waals surface area (Å²) in [4.78, 5) is 45.6. The zero-order chi connectivity index (χ0) is 18.8. The van der Waals surface area contributed by atoms with Crippen LogP contribution in [0, 0.1) is 13.8 Å². The summed E-state index contributed by atoms with van der Waals surface area (Å²) in [7, 11) is 0. The van der Waals surface area contributed by atoms with Gasteiger partial charge in [0.2, 0.25) is 0 Å². The van der Waals surface area contributed by atoms with E-state index in [9.17, 15) is 9.59 Å². The highest BCUT2D eigenvalue weighted by molar-refractivity contribution is 5.94. The number of hydrogen-bond donors (Lipinski definition) is 0. The molecular weight excluding hydrogens is 332 g/mol. The van der Waals surface area contributed by atoms with E-state index in [1.165, 1.54) is 12.4 Å². The Morgan fingerprint density at radius 3 is 1.69 bits per heavy atom. The third-order valence-corrected chi connectivity index (χ3v) is 4.44. The van der Waals surface area contributed by atoms with Gasteiger partial charge in [-0.1, -0.05) is 0 Å². The molecular formula is C18H22N6O2. The minimum Gasteiger partial charge on any atom is -0.333 e. The van der Waals surface area contributed by atoms with E-state index >= 15 is 0 Å². The molecule has 0 bridgehead atoms. The molecule has 2 amide bonds. The quantitative estimate of drug-likeness (QED) is 0.806. The second-order valence-corrected chi connectivity index (χ2v) is 6.71. The van der Waals surface area contributed by atoms with E-state index in [4.69, 9.17) is 0 Å². The highest BCUT2D eigenvalue weighted by Crippen LogP contribution is 2.19. The molecule has 136 valence electrons. The van der Waals surface area contributed by atoms with E-state index in [1.807, 2.05) is 27.7 Å². The molecule has 1 saturated heterocycles. The van der Waals surface area contributed by atoms with Crippen LogP contribution in [0.1, 0.15) is 46.2 Å². The van der Waals surface area contributed by atoms with Crippen LogP contribution in [0.25, 0.3) is 0 Å². The van der Waals surface area contributed by atoms with Gasteiger partial charge in [0, 0.05) is 37.6 Å². The molecule has 0 spiro atoms. The number of aromatic nitrogens is 4. The van der Waals surface area contributed by atoms with Crippen molar-refractivity contribution in [3.05, 3.63) is 47.6 Å². The fourth-order valence-electron chi connectivity index (χ4n) is 3.19. The summed E-state index contributed by atoms with van der Waals surface area (Å²) in [6.07, 6.45) is 6.15. The first-order chi connectivity index (χ1) is 12.4. The summed E-state index contributed by atoms with van der Waals surface area (Å²) in [6.45, 7) is 8.37. The predicted octanol–water partition coefficient (Wildman–Crippen LogP) is 1.26. The molecule has 8 nitrogen and oxygen atoms in total. The maximum Gasteiger partial charge on any atom is 0.274 e. The van der Waals surface area contributed by atoms with Gasteiger partial charge >= 0.3 is 0 Å². The first kappa shape index (κ1) is 17.9. The Bertz CT molecular complexity index is 793. The molecule has 1 fully saturated rings. The maximum absolute atomic E-state index is 12.8. The molecule has 3 heterocycles. The lowest BCUT2D eigenvalue weighted by Gasteiger charge is -2.44. The van der Waals surface area contributed by atoms with Crippen molar-refractivity contribution in [2.45, 2.75) is 39.8 Å². The van der Waals surface area contributed by atoms with E-state index in [-0.39, 0.29) is 23.9 Å². The van der Waals surface area contributed by atoms with Gasteiger partial charge in [0.05, 0.1) is 23.8 Å². The number of aryl methyl sites for hydroxylation is 2. The highest BCUT2D eigenvalue weighted by Gasteiger charge is 2.36. The van der Waals surface area contributed by atoms with Gasteiger partial charge in [0.25, 0.3) is 11.8 Å². The number of piperazine rings is 1. The molecule has 8 heteroatoms. The molecule has 0 aromatic carbocycles. The molecule has 0 saturated carbocycles. The average Bonchev–Trinajstić information content (AvgIpc) is 2.61. The Hall–Kier alpha value is -2.90. The number of hydrogen-bond acceptors (Lipinski definition) is 6. The third-order valence-electron chi connectivity index (χ3n) is 4.44. The average molecular weight is 354 g/mol. The zero-order valence-corrected chi connectivity index (χ0v) is 15.4. The van der Waals surface area contributed by atoms with Crippen molar-refractivity contribution in [3.8, 4) is 0 Å². The number of amides is 2. The van der Waals surface area contributed by atoms with Crippen molar-refractivity contribution in [2.75, 3.05) is 13.1 Å². The standard InChI is InChI=1S/C18H22N6O2/c1-11-5-21-15(7-19-11)17(25)23-9-13(3)24(14(4)10-23)18(26)16-8-20-12(2)6-22-16/h5-8,13-14H,9-10H2,1-4H3/t13-,14+. The molecule has 1 aliphatic rings.